The Bertz CT molecular complexity index is 1270. The maximum atomic E-state index is 12.9. The predicted octanol–water partition coefficient (Wildman–Crippen LogP) is 2.29. The van der Waals surface area contributed by atoms with Crippen molar-refractivity contribution in [3.05, 3.63) is 59.4 Å². The molecule has 1 aromatic heterocycles. The number of nitrogens with zero attached hydrogens (tertiary/aromatic N) is 2. The van der Waals surface area contributed by atoms with Gasteiger partial charge in [-0.15, -0.1) is 6.58 Å². The second-order valence-electron chi connectivity index (χ2n) is 5.94. The Hall–Kier alpha value is -2.95. The topological polar surface area (TPSA) is 113 Å². The second-order valence-corrected chi connectivity index (χ2v) is 8.51. The minimum atomic E-state index is -3.84. The lowest BCUT2D eigenvalue weighted by molar-refractivity contribution is 0.0994. The van der Waals surface area contributed by atoms with Crippen molar-refractivity contribution in [2.45, 2.75) is 11.4 Å². The standard InChI is InChI=1S/C19H19N3O5S2/c1-4-9-22-15-7-6-13(29(20,24)25)11-17(15)28-19(22)21-18(23)14-10-12(26-2)5-8-16(14)27-3/h4-8,10-11H,1,9H2,2-3H3,(H2,20,24,25). The van der Waals surface area contributed by atoms with Crippen molar-refractivity contribution in [3.8, 4) is 11.5 Å². The maximum absolute atomic E-state index is 12.9. The molecule has 0 fully saturated rings. The van der Waals surface area contributed by atoms with Gasteiger partial charge in [-0.2, -0.15) is 4.99 Å². The van der Waals surface area contributed by atoms with Crippen LogP contribution in [0.2, 0.25) is 0 Å². The van der Waals surface area contributed by atoms with Crippen LogP contribution in [0.1, 0.15) is 10.4 Å². The summed E-state index contributed by atoms with van der Waals surface area (Å²) in [5.74, 6) is 0.349. The highest BCUT2D eigenvalue weighted by Crippen LogP contribution is 2.25. The van der Waals surface area contributed by atoms with Gasteiger partial charge < -0.3 is 14.0 Å². The number of carbonyl (C=O) groups is 1. The van der Waals surface area contributed by atoms with Crippen molar-refractivity contribution in [2.75, 3.05) is 14.2 Å². The van der Waals surface area contributed by atoms with Gasteiger partial charge in [-0.05, 0) is 36.4 Å². The minimum absolute atomic E-state index is 0.00987. The summed E-state index contributed by atoms with van der Waals surface area (Å²) < 4.78 is 36.1. The molecule has 0 unspecified atom stereocenters. The molecule has 0 aliphatic heterocycles. The molecule has 1 heterocycles. The lowest BCUT2D eigenvalue weighted by Gasteiger charge is -2.07. The summed E-state index contributed by atoms with van der Waals surface area (Å²) in [5.41, 5.74) is 0.964. The molecule has 10 heteroatoms. The van der Waals surface area contributed by atoms with Crippen molar-refractivity contribution in [1.82, 2.24) is 4.57 Å². The molecule has 0 aliphatic rings. The molecule has 0 bridgehead atoms. The van der Waals surface area contributed by atoms with E-state index in [9.17, 15) is 13.2 Å². The number of aromatic nitrogens is 1. The zero-order valence-corrected chi connectivity index (χ0v) is 17.4. The zero-order chi connectivity index (χ0) is 21.2. The van der Waals surface area contributed by atoms with Gasteiger partial charge in [0, 0.05) is 6.54 Å². The molecule has 8 nitrogen and oxygen atoms in total. The highest BCUT2D eigenvalue weighted by molar-refractivity contribution is 7.89. The smallest absolute Gasteiger partial charge is 0.283 e. The van der Waals surface area contributed by atoms with Crippen LogP contribution < -0.4 is 19.4 Å². The van der Waals surface area contributed by atoms with Crippen molar-refractivity contribution in [3.63, 3.8) is 0 Å². The first kappa shape index (κ1) is 20.8. The summed E-state index contributed by atoms with van der Waals surface area (Å²) in [5, 5.41) is 5.22. The van der Waals surface area contributed by atoms with E-state index in [1.165, 1.54) is 37.7 Å². The van der Waals surface area contributed by atoms with Gasteiger partial charge in [-0.25, -0.2) is 13.6 Å². The van der Waals surface area contributed by atoms with Crippen LogP contribution in [0.3, 0.4) is 0 Å². The summed E-state index contributed by atoms with van der Waals surface area (Å²) in [6.07, 6.45) is 1.66. The fraction of sp³-hybridized carbons (Fsp3) is 0.158. The number of sulfonamides is 1. The summed E-state index contributed by atoms with van der Waals surface area (Å²) in [6, 6.07) is 9.37. The largest absolute Gasteiger partial charge is 0.497 e. The average molecular weight is 434 g/mol. The highest BCUT2D eigenvalue weighted by Gasteiger charge is 2.16. The number of primary sulfonamides is 1. The molecule has 1 amide bonds. The number of amides is 1. The van der Waals surface area contributed by atoms with Gasteiger partial charge in [0.15, 0.2) is 4.80 Å². The van der Waals surface area contributed by atoms with Crippen LogP contribution in [0.5, 0.6) is 11.5 Å². The van der Waals surface area contributed by atoms with Crippen LogP contribution in [0.4, 0.5) is 0 Å². The van der Waals surface area contributed by atoms with Crippen LogP contribution in [0, 0.1) is 0 Å². The molecule has 3 aromatic rings. The van der Waals surface area contributed by atoms with Crippen LogP contribution in [0.25, 0.3) is 10.2 Å². The Morgan fingerprint density at radius 2 is 2.00 bits per heavy atom. The highest BCUT2D eigenvalue weighted by atomic mass is 32.2. The number of allylic oxidation sites excluding steroid dienone is 1. The molecule has 152 valence electrons. The third-order valence-corrected chi connectivity index (χ3v) is 6.08. The number of carbonyl (C=O) groups excluding carboxylic acids is 1. The molecule has 3 rings (SSSR count). The fourth-order valence-corrected chi connectivity index (χ4v) is 4.44. The van der Waals surface area contributed by atoms with Crippen molar-refractivity contribution in [2.24, 2.45) is 10.1 Å². The number of methoxy groups -OCH3 is 2. The molecule has 2 N–H and O–H groups in total. The predicted molar refractivity (Wildman–Crippen MR) is 111 cm³/mol. The monoisotopic (exact) mass is 433 g/mol. The van der Waals surface area contributed by atoms with Crippen molar-refractivity contribution >= 4 is 37.5 Å². The summed E-state index contributed by atoms with van der Waals surface area (Å²) in [4.78, 5) is 17.5. The first-order valence-corrected chi connectivity index (χ1v) is 10.7. The average Bonchev–Trinajstić information content (AvgIpc) is 3.03. The van der Waals surface area contributed by atoms with Crippen LogP contribution in [-0.4, -0.2) is 33.1 Å². The Morgan fingerprint density at radius 1 is 1.24 bits per heavy atom. The van der Waals surface area contributed by atoms with Gasteiger partial charge in [0.1, 0.15) is 11.5 Å². The fourth-order valence-electron chi connectivity index (χ4n) is 2.75. The maximum Gasteiger partial charge on any atom is 0.283 e. The molecule has 2 aromatic carbocycles. The minimum Gasteiger partial charge on any atom is -0.497 e. The number of rotatable bonds is 6. The molecular formula is C19H19N3O5S2. The number of thiazole rings is 1. The lowest BCUT2D eigenvalue weighted by Crippen LogP contribution is -2.16. The SMILES string of the molecule is C=CCn1c(=NC(=O)c2cc(OC)ccc2OC)sc2cc(S(N)(=O)=O)ccc21. The van der Waals surface area contributed by atoms with Gasteiger partial charge in [0.2, 0.25) is 10.0 Å². The van der Waals surface area contributed by atoms with E-state index in [0.29, 0.717) is 33.1 Å². The summed E-state index contributed by atoms with van der Waals surface area (Å²) in [6.45, 7) is 4.12. The van der Waals surface area contributed by atoms with E-state index < -0.39 is 15.9 Å². The van der Waals surface area contributed by atoms with Crippen LogP contribution in [0.15, 0.2) is 58.9 Å². The van der Waals surface area contributed by atoms with E-state index in [1.54, 1.807) is 34.9 Å². The van der Waals surface area contributed by atoms with Crippen LogP contribution >= 0.6 is 11.3 Å². The third kappa shape index (κ3) is 4.24. The summed E-state index contributed by atoms with van der Waals surface area (Å²) in [7, 11) is -0.880. The molecule has 0 radical (unpaired) electrons. The van der Waals surface area contributed by atoms with Gasteiger partial charge in [0.25, 0.3) is 5.91 Å². The van der Waals surface area contributed by atoms with Crippen LogP contribution in [-0.2, 0) is 16.6 Å². The Morgan fingerprint density at radius 3 is 2.62 bits per heavy atom. The van der Waals surface area contributed by atoms with E-state index in [2.05, 4.69) is 11.6 Å². The molecule has 0 aliphatic carbocycles. The quantitative estimate of drug-likeness (QED) is 0.599. The van der Waals surface area contributed by atoms with Crippen molar-refractivity contribution < 1.29 is 22.7 Å². The third-order valence-electron chi connectivity index (χ3n) is 4.13. The second kappa shape index (κ2) is 8.19. The molecule has 0 saturated heterocycles. The van der Waals surface area contributed by atoms with E-state index in [1.807, 2.05) is 0 Å². The number of hydrogen-bond donors (Lipinski definition) is 1. The first-order valence-electron chi connectivity index (χ1n) is 8.36. The molecular weight excluding hydrogens is 414 g/mol. The van der Waals surface area contributed by atoms with Gasteiger partial charge in [-0.3, -0.25) is 4.79 Å². The van der Waals surface area contributed by atoms with E-state index in [0.717, 1.165) is 0 Å². The van der Waals surface area contributed by atoms with Gasteiger partial charge in [0.05, 0.1) is 34.9 Å². The van der Waals surface area contributed by atoms with Crippen molar-refractivity contribution in [1.29, 1.82) is 0 Å². The number of fused-ring (bicyclic) bond motifs is 1. The molecule has 0 spiro atoms. The van der Waals surface area contributed by atoms with E-state index in [4.69, 9.17) is 14.6 Å². The lowest BCUT2D eigenvalue weighted by atomic mass is 10.2. The normalized spacial score (nSPS) is 12.2. The molecule has 29 heavy (non-hydrogen) atoms. The number of benzene rings is 2. The van der Waals surface area contributed by atoms with Gasteiger partial charge in [-0.1, -0.05) is 17.4 Å². The Kier molecular flexibility index (Phi) is 5.87. The Balaban J connectivity index is 2.20. The zero-order valence-electron chi connectivity index (χ0n) is 15.8. The number of nitrogens with two attached hydrogens (primary N) is 1. The van der Waals surface area contributed by atoms with E-state index in [-0.39, 0.29) is 10.5 Å². The first-order chi connectivity index (χ1) is 13.8. The van der Waals surface area contributed by atoms with Gasteiger partial charge >= 0.3 is 0 Å². The van der Waals surface area contributed by atoms with E-state index >= 15 is 0 Å². The molecule has 0 atom stereocenters. The number of hydrogen-bond acceptors (Lipinski definition) is 6. The molecule has 0 saturated carbocycles. The Labute approximate surface area is 171 Å². The summed E-state index contributed by atoms with van der Waals surface area (Å²) >= 11 is 1.18. The number of ether oxygens (including phenoxy) is 2.